The van der Waals surface area contributed by atoms with Crippen LogP contribution in [-0.4, -0.2) is 38.9 Å². The van der Waals surface area contributed by atoms with E-state index in [4.69, 9.17) is 0 Å². The molecule has 0 radical (unpaired) electrons. The second-order valence-electron chi connectivity index (χ2n) is 6.35. The van der Waals surface area contributed by atoms with Gasteiger partial charge in [-0.05, 0) is 25.7 Å². The van der Waals surface area contributed by atoms with Crippen LogP contribution in [0.25, 0.3) is 0 Å². The van der Waals surface area contributed by atoms with E-state index in [-0.39, 0.29) is 0 Å². The van der Waals surface area contributed by atoms with E-state index in [0.717, 1.165) is 0 Å². The van der Waals surface area contributed by atoms with Crippen molar-refractivity contribution in [2.45, 2.75) is 105 Å². The summed E-state index contributed by atoms with van der Waals surface area (Å²) in [4.78, 5) is 0. The Labute approximate surface area is 150 Å². The van der Waals surface area contributed by atoms with Gasteiger partial charge in [-0.15, -0.1) is 0 Å². The average molecular weight is 444 g/mol. The van der Waals surface area contributed by atoms with Crippen LogP contribution in [0.4, 0.5) is 0 Å². The van der Waals surface area contributed by atoms with E-state index in [0.29, 0.717) is 24.2 Å². The lowest BCUT2D eigenvalue weighted by molar-refractivity contribution is 0.194. The molecule has 128 valence electrons. The predicted octanol–water partition coefficient (Wildman–Crippen LogP) is 6.01. The molecule has 0 N–H and O–H groups in total. The zero-order valence-electron chi connectivity index (χ0n) is 15.3. The van der Waals surface area contributed by atoms with Crippen molar-refractivity contribution in [3.8, 4) is 0 Å². The summed E-state index contributed by atoms with van der Waals surface area (Å²) in [5, 5.41) is 0. The fraction of sp³-hybridized carbons (Fsp3) is 1.00. The van der Waals surface area contributed by atoms with Gasteiger partial charge < -0.3 is 0 Å². The molecule has 4 unspecified atom stereocenters. The Balaban J connectivity index is 5.66. The van der Waals surface area contributed by atoms with E-state index in [9.17, 15) is 0 Å². The second kappa shape index (κ2) is 10.1. The summed E-state index contributed by atoms with van der Waals surface area (Å²) >= 11 is 8.38. The number of hydrogen-bond acceptors (Lipinski definition) is 2. The van der Waals surface area contributed by atoms with Crippen LogP contribution >= 0.6 is 30.6 Å². The summed E-state index contributed by atoms with van der Waals surface area (Å²) in [5.41, 5.74) is -2.01. The van der Waals surface area contributed by atoms with Crippen molar-refractivity contribution in [2.75, 3.05) is 0 Å². The summed E-state index contributed by atoms with van der Waals surface area (Å²) in [6.07, 6.45) is 4.74. The highest BCUT2D eigenvalue weighted by Gasteiger charge is 2.48. The normalized spacial score (nSPS) is 18.9. The molecule has 0 aliphatic heterocycles. The van der Waals surface area contributed by atoms with Crippen molar-refractivity contribution in [1.29, 1.82) is 0 Å². The lowest BCUT2D eigenvalue weighted by Crippen LogP contribution is -2.66. The van der Waals surface area contributed by atoms with E-state index in [1.165, 1.54) is 25.7 Å². The van der Waals surface area contributed by atoms with E-state index in [1.807, 2.05) is 0 Å². The first-order valence-electron chi connectivity index (χ1n) is 8.63. The van der Waals surface area contributed by atoms with Crippen LogP contribution in [0, 0.1) is 0 Å². The zero-order chi connectivity index (χ0) is 16.8. The molecule has 0 aliphatic rings. The smallest absolute Gasteiger partial charge is 0.290 e. The Hall–Kier alpha value is 1.10. The molecule has 0 aromatic heterocycles. The van der Waals surface area contributed by atoms with Crippen molar-refractivity contribution in [3.05, 3.63) is 0 Å². The Bertz CT molecular complexity index is 243. The molecule has 0 fully saturated rings. The standard InChI is InChI=1S/C16H36Br2N2Si/c1-9-13(5)19(14(6)10-2)21(17,18)20(15(7)11-3)16(8)12-4/h13-16H,9-12H2,1-8H3. The van der Waals surface area contributed by atoms with Crippen LogP contribution in [0.5, 0.6) is 0 Å². The maximum absolute atomic E-state index is 4.19. The van der Waals surface area contributed by atoms with Gasteiger partial charge in [0.15, 0.2) is 0 Å². The molecule has 0 aliphatic carbocycles. The maximum Gasteiger partial charge on any atom is 0.355 e. The summed E-state index contributed by atoms with van der Waals surface area (Å²) in [6, 6.07) is 2.34. The number of halogens is 2. The summed E-state index contributed by atoms with van der Waals surface area (Å²) in [5.74, 6) is 0. The summed E-state index contributed by atoms with van der Waals surface area (Å²) in [7, 11) is 0. The third kappa shape index (κ3) is 5.59. The Kier molecular flexibility index (Phi) is 10.6. The minimum atomic E-state index is -2.01. The highest BCUT2D eigenvalue weighted by Crippen LogP contribution is 2.38. The fourth-order valence-electron chi connectivity index (χ4n) is 2.85. The number of nitrogens with zero attached hydrogens (tertiary/aromatic N) is 2. The Morgan fingerprint density at radius 1 is 0.619 bits per heavy atom. The van der Waals surface area contributed by atoms with Gasteiger partial charge >= 0.3 is 5.64 Å². The summed E-state index contributed by atoms with van der Waals surface area (Å²) < 4.78 is 5.46. The molecule has 0 heterocycles. The lowest BCUT2D eigenvalue weighted by Gasteiger charge is -2.51. The van der Waals surface area contributed by atoms with Crippen LogP contribution < -0.4 is 0 Å². The molecule has 21 heavy (non-hydrogen) atoms. The summed E-state index contributed by atoms with van der Waals surface area (Å²) in [6.45, 7) is 18.6. The van der Waals surface area contributed by atoms with Gasteiger partial charge in [-0.3, -0.25) is 9.13 Å². The van der Waals surface area contributed by atoms with Gasteiger partial charge in [-0.1, -0.05) is 86.0 Å². The fourth-order valence-corrected chi connectivity index (χ4v) is 14.4. The molecular formula is C16H36Br2N2Si. The lowest BCUT2D eigenvalue weighted by atomic mass is 10.2. The molecule has 0 amide bonds. The average Bonchev–Trinajstić information content (AvgIpc) is 2.45. The molecule has 0 aromatic rings. The van der Waals surface area contributed by atoms with Gasteiger partial charge in [0.1, 0.15) is 0 Å². The molecular weight excluding hydrogens is 408 g/mol. The quantitative estimate of drug-likeness (QED) is 0.301. The highest BCUT2D eigenvalue weighted by atomic mass is 79.9. The zero-order valence-corrected chi connectivity index (χ0v) is 19.5. The van der Waals surface area contributed by atoms with Crippen LogP contribution in [0.15, 0.2) is 0 Å². The van der Waals surface area contributed by atoms with Gasteiger partial charge in [0, 0.05) is 24.2 Å². The first-order valence-corrected chi connectivity index (χ1v) is 15.0. The van der Waals surface area contributed by atoms with E-state index >= 15 is 0 Å². The van der Waals surface area contributed by atoms with Crippen molar-refractivity contribution >= 4 is 36.2 Å². The number of rotatable bonds is 10. The molecule has 5 heteroatoms. The Morgan fingerprint density at radius 3 is 0.952 bits per heavy atom. The van der Waals surface area contributed by atoms with Crippen LogP contribution in [0.1, 0.15) is 81.1 Å². The SMILES string of the molecule is CCC(C)N(C(C)CC)[Si](Br)(Br)N(C(C)CC)C(C)CC. The van der Waals surface area contributed by atoms with Crippen LogP contribution in [0.2, 0.25) is 0 Å². The predicted molar refractivity (Wildman–Crippen MR) is 106 cm³/mol. The third-order valence-electron chi connectivity index (χ3n) is 4.88. The maximum atomic E-state index is 4.19. The van der Waals surface area contributed by atoms with Crippen LogP contribution in [0.3, 0.4) is 0 Å². The molecule has 0 saturated carbocycles. The van der Waals surface area contributed by atoms with Crippen molar-refractivity contribution in [2.24, 2.45) is 0 Å². The van der Waals surface area contributed by atoms with E-state index < -0.39 is 5.64 Å². The van der Waals surface area contributed by atoms with Gasteiger partial charge in [0.05, 0.1) is 0 Å². The first-order chi connectivity index (χ1) is 9.68. The molecule has 0 saturated heterocycles. The van der Waals surface area contributed by atoms with Crippen molar-refractivity contribution in [3.63, 3.8) is 0 Å². The Morgan fingerprint density at radius 2 is 0.810 bits per heavy atom. The van der Waals surface area contributed by atoms with E-state index in [2.05, 4.69) is 95.1 Å². The molecule has 0 rings (SSSR count). The minimum Gasteiger partial charge on any atom is -0.290 e. The topological polar surface area (TPSA) is 6.48 Å². The highest BCUT2D eigenvalue weighted by molar-refractivity contribution is 9.50. The molecule has 4 atom stereocenters. The number of hydrogen-bond donors (Lipinski definition) is 0. The monoisotopic (exact) mass is 442 g/mol. The van der Waals surface area contributed by atoms with Crippen molar-refractivity contribution < 1.29 is 0 Å². The van der Waals surface area contributed by atoms with E-state index in [1.54, 1.807) is 0 Å². The van der Waals surface area contributed by atoms with Crippen LogP contribution in [-0.2, 0) is 0 Å². The third-order valence-corrected chi connectivity index (χ3v) is 12.8. The van der Waals surface area contributed by atoms with Gasteiger partial charge in [-0.25, -0.2) is 0 Å². The molecule has 0 spiro atoms. The van der Waals surface area contributed by atoms with Gasteiger partial charge in [0.25, 0.3) is 0 Å². The van der Waals surface area contributed by atoms with Gasteiger partial charge in [-0.2, -0.15) is 0 Å². The second-order valence-corrected chi connectivity index (χ2v) is 18.2. The first kappa shape index (κ1) is 22.1. The minimum absolute atomic E-state index is 0.584. The van der Waals surface area contributed by atoms with Gasteiger partial charge in [0.2, 0.25) is 0 Å². The molecule has 0 aromatic carbocycles. The molecule has 0 bridgehead atoms. The molecule has 2 nitrogen and oxygen atoms in total. The largest absolute Gasteiger partial charge is 0.355 e. The van der Waals surface area contributed by atoms with Crippen molar-refractivity contribution in [1.82, 2.24) is 9.13 Å².